The molecular weight excluding hydrogens is 352 g/mol. The Hall–Kier alpha value is -3.17. The summed E-state index contributed by atoms with van der Waals surface area (Å²) in [5, 5.41) is 11.6. The number of anilines is 2. The minimum atomic E-state index is -0.0349. The van der Waals surface area contributed by atoms with E-state index in [0.717, 1.165) is 48.7 Å². The lowest BCUT2D eigenvalue weighted by Gasteiger charge is -2.35. The van der Waals surface area contributed by atoms with Crippen LogP contribution in [-0.2, 0) is 11.2 Å². The van der Waals surface area contributed by atoms with Crippen LogP contribution in [-0.4, -0.2) is 49.3 Å². The molecule has 0 aromatic heterocycles. The van der Waals surface area contributed by atoms with Crippen LogP contribution < -0.4 is 10.2 Å². The minimum absolute atomic E-state index is 0.0349. The molecule has 0 unspecified atom stereocenters. The Bertz CT molecular complexity index is 861. The van der Waals surface area contributed by atoms with Crippen molar-refractivity contribution in [2.75, 3.05) is 42.9 Å². The molecule has 1 aliphatic rings. The molecule has 144 valence electrons. The van der Waals surface area contributed by atoms with Gasteiger partial charge in [0.25, 0.3) is 0 Å². The molecule has 28 heavy (non-hydrogen) atoms. The Morgan fingerprint density at radius 2 is 1.64 bits per heavy atom. The van der Waals surface area contributed by atoms with E-state index in [4.69, 9.17) is 5.26 Å². The zero-order valence-corrected chi connectivity index (χ0v) is 16.0. The van der Waals surface area contributed by atoms with Crippen LogP contribution in [0.1, 0.15) is 22.8 Å². The van der Waals surface area contributed by atoms with Gasteiger partial charge < -0.3 is 10.2 Å². The lowest BCUT2D eigenvalue weighted by atomic mass is 10.1. The third-order valence-corrected chi connectivity index (χ3v) is 4.90. The minimum Gasteiger partial charge on any atom is -0.369 e. The monoisotopic (exact) mass is 376 g/mol. The number of piperazine rings is 1. The number of amides is 1. The number of carbonyl (C=O) groups is 2. The molecule has 1 amide bonds. The summed E-state index contributed by atoms with van der Waals surface area (Å²) in [6, 6.07) is 17.2. The molecule has 2 aromatic carbocycles. The number of ketones is 1. The van der Waals surface area contributed by atoms with Gasteiger partial charge in [0.1, 0.15) is 0 Å². The van der Waals surface area contributed by atoms with Crippen LogP contribution in [0.3, 0.4) is 0 Å². The zero-order chi connectivity index (χ0) is 19.9. The first-order valence-electron chi connectivity index (χ1n) is 9.39. The van der Waals surface area contributed by atoms with E-state index in [1.54, 1.807) is 6.92 Å². The lowest BCUT2D eigenvalue weighted by molar-refractivity contribution is -0.117. The highest BCUT2D eigenvalue weighted by Crippen LogP contribution is 2.18. The van der Waals surface area contributed by atoms with E-state index in [2.05, 4.69) is 21.2 Å². The van der Waals surface area contributed by atoms with Crippen molar-refractivity contribution in [3.63, 3.8) is 0 Å². The number of nitrogens with one attached hydrogen (secondary N) is 1. The maximum atomic E-state index is 12.3. The first kappa shape index (κ1) is 19.6. The average Bonchev–Trinajstić information content (AvgIpc) is 2.70. The molecule has 1 N–H and O–H groups in total. The van der Waals surface area contributed by atoms with Gasteiger partial charge in [0.2, 0.25) is 5.91 Å². The van der Waals surface area contributed by atoms with Crippen molar-refractivity contribution in [2.24, 2.45) is 0 Å². The SMILES string of the molecule is CC(=O)c1ccc(N2CCN(CC(=O)Nc3ccc(CC#N)cc3)CC2)cc1. The molecule has 1 saturated heterocycles. The van der Waals surface area contributed by atoms with E-state index in [-0.39, 0.29) is 11.7 Å². The average molecular weight is 376 g/mol. The summed E-state index contributed by atoms with van der Waals surface area (Å²) in [5.74, 6) is 0.0365. The van der Waals surface area contributed by atoms with E-state index in [9.17, 15) is 9.59 Å². The van der Waals surface area contributed by atoms with Crippen molar-refractivity contribution in [3.05, 3.63) is 59.7 Å². The maximum Gasteiger partial charge on any atom is 0.238 e. The third kappa shape index (κ3) is 5.18. The van der Waals surface area contributed by atoms with Crippen molar-refractivity contribution in [2.45, 2.75) is 13.3 Å². The largest absolute Gasteiger partial charge is 0.369 e. The summed E-state index contributed by atoms with van der Waals surface area (Å²) in [6.07, 6.45) is 0.371. The predicted molar refractivity (Wildman–Crippen MR) is 109 cm³/mol. The van der Waals surface area contributed by atoms with Gasteiger partial charge in [-0.3, -0.25) is 14.5 Å². The molecule has 1 fully saturated rings. The fourth-order valence-corrected chi connectivity index (χ4v) is 3.27. The van der Waals surface area contributed by atoms with Gasteiger partial charge in [-0.05, 0) is 48.9 Å². The number of Topliss-reactive ketones (excluding diaryl/α,β-unsaturated/α-hetero) is 1. The van der Waals surface area contributed by atoms with Gasteiger partial charge in [-0.1, -0.05) is 12.1 Å². The van der Waals surface area contributed by atoms with Crippen LogP contribution >= 0.6 is 0 Å². The fourth-order valence-electron chi connectivity index (χ4n) is 3.27. The predicted octanol–water partition coefficient (Wildman–Crippen LogP) is 2.72. The van der Waals surface area contributed by atoms with Crippen molar-refractivity contribution in [1.29, 1.82) is 5.26 Å². The van der Waals surface area contributed by atoms with Crippen LogP contribution in [0.4, 0.5) is 11.4 Å². The second-order valence-electron chi connectivity index (χ2n) is 6.95. The quantitative estimate of drug-likeness (QED) is 0.785. The van der Waals surface area contributed by atoms with E-state index in [1.165, 1.54) is 0 Å². The first-order valence-corrected chi connectivity index (χ1v) is 9.39. The molecule has 6 heteroatoms. The van der Waals surface area contributed by atoms with Crippen LogP contribution in [0.2, 0.25) is 0 Å². The number of carbonyl (C=O) groups excluding carboxylic acids is 2. The summed E-state index contributed by atoms with van der Waals surface area (Å²) >= 11 is 0. The fraction of sp³-hybridized carbons (Fsp3) is 0.318. The van der Waals surface area contributed by atoms with E-state index in [1.807, 2.05) is 48.5 Å². The normalized spacial score (nSPS) is 14.4. The van der Waals surface area contributed by atoms with E-state index < -0.39 is 0 Å². The third-order valence-electron chi connectivity index (χ3n) is 4.90. The number of rotatable bonds is 6. The van der Waals surface area contributed by atoms with Gasteiger partial charge in [0, 0.05) is 43.1 Å². The summed E-state index contributed by atoms with van der Waals surface area (Å²) in [4.78, 5) is 28.1. The van der Waals surface area contributed by atoms with Gasteiger partial charge in [0.05, 0.1) is 19.0 Å². The molecule has 0 bridgehead atoms. The molecule has 0 aliphatic carbocycles. The Kier molecular flexibility index (Phi) is 6.41. The van der Waals surface area contributed by atoms with Gasteiger partial charge in [-0.25, -0.2) is 0 Å². The Labute approximate surface area is 165 Å². The summed E-state index contributed by atoms with van der Waals surface area (Å²) in [7, 11) is 0. The summed E-state index contributed by atoms with van der Waals surface area (Å²) in [6.45, 7) is 5.23. The molecule has 0 atom stereocenters. The van der Waals surface area contributed by atoms with Crippen LogP contribution in [0.15, 0.2) is 48.5 Å². The van der Waals surface area contributed by atoms with Crippen molar-refractivity contribution in [3.8, 4) is 6.07 Å². The van der Waals surface area contributed by atoms with Crippen molar-refractivity contribution >= 4 is 23.1 Å². The molecule has 2 aromatic rings. The van der Waals surface area contributed by atoms with E-state index in [0.29, 0.717) is 13.0 Å². The number of hydrogen-bond donors (Lipinski definition) is 1. The van der Waals surface area contributed by atoms with Gasteiger partial charge >= 0.3 is 0 Å². The van der Waals surface area contributed by atoms with Gasteiger partial charge in [-0.15, -0.1) is 0 Å². The van der Waals surface area contributed by atoms with E-state index >= 15 is 0 Å². The Morgan fingerprint density at radius 1 is 1.00 bits per heavy atom. The summed E-state index contributed by atoms with van der Waals surface area (Å²) < 4.78 is 0. The standard InChI is InChI=1S/C22H24N4O2/c1-17(27)19-4-8-21(9-5-19)26-14-12-25(13-15-26)16-22(28)24-20-6-2-18(3-7-20)10-11-23/h2-9H,10,12-16H2,1H3,(H,24,28). The van der Waals surface area contributed by atoms with Crippen LogP contribution in [0.5, 0.6) is 0 Å². The summed E-state index contributed by atoms with van der Waals surface area (Å²) in [5.41, 5.74) is 3.51. The lowest BCUT2D eigenvalue weighted by Crippen LogP contribution is -2.48. The molecule has 3 rings (SSSR count). The molecular formula is C22H24N4O2. The van der Waals surface area contributed by atoms with Crippen molar-refractivity contribution < 1.29 is 9.59 Å². The molecule has 1 aliphatic heterocycles. The Balaban J connectivity index is 1.46. The molecule has 6 nitrogen and oxygen atoms in total. The topological polar surface area (TPSA) is 76.4 Å². The van der Waals surface area contributed by atoms with Gasteiger partial charge in [0.15, 0.2) is 5.78 Å². The highest BCUT2D eigenvalue weighted by Gasteiger charge is 2.19. The molecule has 1 heterocycles. The number of hydrogen-bond acceptors (Lipinski definition) is 5. The molecule has 0 saturated carbocycles. The smallest absolute Gasteiger partial charge is 0.238 e. The van der Waals surface area contributed by atoms with Crippen LogP contribution in [0, 0.1) is 11.3 Å². The zero-order valence-electron chi connectivity index (χ0n) is 16.0. The number of benzene rings is 2. The Morgan fingerprint density at radius 3 is 2.21 bits per heavy atom. The number of nitrogens with zero attached hydrogens (tertiary/aromatic N) is 3. The second-order valence-corrected chi connectivity index (χ2v) is 6.95. The molecule has 0 spiro atoms. The number of nitriles is 1. The molecule has 0 radical (unpaired) electrons. The first-order chi connectivity index (χ1) is 13.5. The van der Waals surface area contributed by atoms with Crippen LogP contribution in [0.25, 0.3) is 0 Å². The van der Waals surface area contributed by atoms with Gasteiger partial charge in [-0.2, -0.15) is 5.26 Å². The van der Waals surface area contributed by atoms with Crippen molar-refractivity contribution in [1.82, 2.24) is 4.90 Å². The highest BCUT2D eigenvalue weighted by molar-refractivity contribution is 5.94. The maximum absolute atomic E-state index is 12.3. The highest BCUT2D eigenvalue weighted by atomic mass is 16.2. The second kappa shape index (κ2) is 9.16.